The number of carboxylic acid groups (broad SMARTS) is 1. The van der Waals surface area contributed by atoms with Gasteiger partial charge in [0.1, 0.15) is 36.6 Å². The zero-order valence-electron chi connectivity index (χ0n) is 32.0. The first-order valence-corrected chi connectivity index (χ1v) is 19.7. The van der Waals surface area contributed by atoms with Crippen LogP contribution < -0.4 is 0 Å². The number of hydrogen-bond acceptors (Lipinski definition) is 11. The van der Waals surface area contributed by atoms with Gasteiger partial charge >= 0.3 is 5.97 Å². The van der Waals surface area contributed by atoms with Gasteiger partial charge in [0.05, 0.1) is 30.8 Å². The first kappa shape index (κ1) is 39.1. The second-order valence-corrected chi connectivity index (χ2v) is 19.9. The van der Waals surface area contributed by atoms with Gasteiger partial charge in [0, 0.05) is 0 Å². The van der Waals surface area contributed by atoms with Crippen molar-refractivity contribution in [3.8, 4) is 0 Å². The van der Waals surface area contributed by atoms with E-state index in [1.807, 2.05) is 0 Å². The summed E-state index contributed by atoms with van der Waals surface area (Å²) in [5.41, 5.74) is -0.578. The Morgan fingerprint density at radius 3 is 1.90 bits per heavy atom. The Morgan fingerprint density at radius 2 is 1.31 bits per heavy atom. The molecule has 2 aliphatic heterocycles. The minimum Gasteiger partial charge on any atom is -0.481 e. The number of aliphatic hydroxyl groups is 6. The monoisotopic (exact) mass is 736 g/mol. The minimum atomic E-state index is -1.52. The molecule has 0 bridgehead atoms. The van der Waals surface area contributed by atoms with Crippen LogP contribution in [0.2, 0.25) is 0 Å². The second kappa shape index (κ2) is 12.9. The standard InChI is InChI=1S/C40H64O12/c1-35(2)12-14-40(34(47)48)15-13-38(6)20(21(40)16-35)8-9-26-37(5)17-24(51-32-29(45)27(43)22(41)18-49-32)31(36(3,4)25(37)10-11-39(26,38)7)52-33-30(46)28(44)23(42)19-50-33/h8,21-33,41-46H,9-19H2,1-7H3,(H,47,48)/t21-,22+,23+,24+,25-,26+,27-,28-,29+,30+,31-,32-,33-,37-,38+,39+,40-/m0/s1. The predicted octanol–water partition coefficient (Wildman–Crippen LogP) is 3.13. The van der Waals surface area contributed by atoms with Crippen LogP contribution in [-0.4, -0.2) is 116 Å². The lowest BCUT2D eigenvalue weighted by Crippen LogP contribution is -2.69. The quantitative estimate of drug-likeness (QED) is 0.161. The summed E-state index contributed by atoms with van der Waals surface area (Å²) in [6.07, 6.45) is -2.87. The van der Waals surface area contributed by atoms with Crippen LogP contribution in [-0.2, 0) is 23.7 Å². The number of carbonyl (C=O) groups is 1. The normalized spacial score (nSPS) is 54.1. The van der Waals surface area contributed by atoms with Crippen LogP contribution in [0.25, 0.3) is 0 Å². The fourth-order valence-electron chi connectivity index (χ4n) is 13.2. The fourth-order valence-corrected chi connectivity index (χ4v) is 13.2. The van der Waals surface area contributed by atoms with Crippen molar-refractivity contribution in [1.82, 2.24) is 0 Å². The summed E-state index contributed by atoms with van der Waals surface area (Å²) in [6.45, 7) is 15.6. The van der Waals surface area contributed by atoms with Crippen molar-refractivity contribution in [3.05, 3.63) is 11.6 Å². The molecule has 0 amide bonds. The zero-order valence-corrected chi connectivity index (χ0v) is 32.0. The van der Waals surface area contributed by atoms with Crippen LogP contribution >= 0.6 is 0 Å². The Bertz CT molecular complexity index is 1420. The maximum absolute atomic E-state index is 13.1. The second-order valence-electron chi connectivity index (χ2n) is 19.9. The molecule has 17 atom stereocenters. The third-order valence-electron chi connectivity index (χ3n) is 16.4. The van der Waals surface area contributed by atoms with Gasteiger partial charge in [-0.3, -0.25) is 4.79 Å². The average molecular weight is 737 g/mol. The van der Waals surface area contributed by atoms with Gasteiger partial charge in [-0.1, -0.05) is 60.1 Å². The largest absolute Gasteiger partial charge is 0.481 e. The van der Waals surface area contributed by atoms with Crippen LogP contribution in [0.4, 0.5) is 0 Å². The van der Waals surface area contributed by atoms with Crippen LogP contribution in [0.1, 0.15) is 106 Å². The number of aliphatic hydroxyl groups excluding tert-OH is 6. The maximum Gasteiger partial charge on any atom is 0.310 e. The van der Waals surface area contributed by atoms with Gasteiger partial charge < -0.3 is 54.7 Å². The van der Waals surface area contributed by atoms with Crippen molar-refractivity contribution in [3.63, 3.8) is 0 Å². The molecular formula is C40H64O12. The molecule has 0 aromatic rings. The number of rotatable bonds is 5. The van der Waals surface area contributed by atoms with Gasteiger partial charge in [0.2, 0.25) is 0 Å². The van der Waals surface area contributed by atoms with Gasteiger partial charge in [-0.25, -0.2) is 0 Å². The molecule has 5 aliphatic carbocycles. The van der Waals surface area contributed by atoms with E-state index >= 15 is 0 Å². The van der Waals surface area contributed by atoms with Gasteiger partial charge in [-0.2, -0.15) is 0 Å². The number of hydrogen-bond donors (Lipinski definition) is 7. The molecule has 7 aliphatic rings. The van der Waals surface area contributed by atoms with E-state index in [1.54, 1.807) is 0 Å². The summed E-state index contributed by atoms with van der Waals surface area (Å²) < 4.78 is 24.7. The van der Waals surface area contributed by atoms with Crippen molar-refractivity contribution >= 4 is 5.97 Å². The molecule has 7 N–H and O–H groups in total. The highest BCUT2D eigenvalue weighted by Crippen LogP contribution is 2.76. The Morgan fingerprint density at radius 1 is 0.731 bits per heavy atom. The zero-order chi connectivity index (χ0) is 38.0. The molecule has 6 fully saturated rings. The molecule has 7 rings (SSSR count). The van der Waals surface area contributed by atoms with Crippen molar-refractivity contribution in [2.45, 2.75) is 168 Å². The number of aliphatic carboxylic acids is 1. The molecule has 0 radical (unpaired) electrons. The molecule has 0 unspecified atom stereocenters. The number of allylic oxidation sites excluding steroid dienone is 2. The first-order valence-electron chi connectivity index (χ1n) is 19.7. The molecular weight excluding hydrogens is 672 g/mol. The molecule has 296 valence electrons. The lowest BCUT2D eigenvalue weighted by atomic mass is 9.33. The molecule has 0 spiro atoms. The number of carboxylic acids is 1. The third kappa shape index (κ3) is 5.63. The fraction of sp³-hybridized carbons (Fsp3) is 0.925. The predicted molar refractivity (Wildman–Crippen MR) is 187 cm³/mol. The van der Waals surface area contributed by atoms with E-state index in [2.05, 4.69) is 54.5 Å². The average Bonchev–Trinajstić information content (AvgIpc) is 3.06. The molecule has 2 saturated heterocycles. The topological polar surface area (TPSA) is 196 Å². The summed E-state index contributed by atoms with van der Waals surface area (Å²) in [4.78, 5) is 13.1. The SMILES string of the molecule is CC1(C)CC[C@]2(C(=O)O)CC[C@]3(C)C(=CC[C@@H]4[C@@]5(C)C[C@@H](O[C@@H]6OC[C@@H](O)[C@H](O)[C@H]6O)[C@H](O[C@@H]6OC[C@@H](O)[C@H](O)[C@H]6O)C(C)(C)[C@@H]5CC[C@]43C)[C@@H]2C1. The van der Waals surface area contributed by atoms with Gasteiger partial charge in [-0.15, -0.1) is 0 Å². The van der Waals surface area contributed by atoms with E-state index in [1.165, 1.54) is 5.57 Å². The molecule has 0 aromatic carbocycles. The summed E-state index contributed by atoms with van der Waals surface area (Å²) in [5.74, 6) is -0.337. The Kier molecular flexibility index (Phi) is 9.71. The van der Waals surface area contributed by atoms with E-state index in [0.29, 0.717) is 19.3 Å². The van der Waals surface area contributed by atoms with E-state index in [4.69, 9.17) is 18.9 Å². The van der Waals surface area contributed by atoms with E-state index in [0.717, 1.165) is 38.5 Å². The smallest absolute Gasteiger partial charge is 0.310 e. The lowest BCUT2D eigenvalue weighted by Gasteiger charge is -2.72. The maximum atomic E-state index is 13.1. The highest BCUT2D eigenvalue weighted by Gasteiger charge is 2.71. The highest BCUT2D eigenvalue weighted by atomic mass is 16.7. The van der Waals surface area contributed by atoms with Crippen LogP contribution in [0.3, 0.4) is 0 Å². The Balaban J connectivity index is 1.26. The Hall–Kier alpha value is -1.19. The summed E-state index contributed by atoms with van der Waals surface area (Å²) in [7, 11) is 0. The lowest BCUT2D eigenvalue weighted by molar-refractivity contribution is -0.351. The van der Waals surface area contributed by atoms with Crippen molar-refractivity contribution < 1.29 is 59.5 Å². The van der Waals surface area contributed by atoms with Gasteiger partial charge in [-0.05, 0) is 103 Å². The van der Waals surface area contributed by atoms with E-state index in [9.17, 15) is 40.5 Å². The molecule has 4 saturated carbocycles. The third-order valence-corrected chi connectivity index (χ3v) is 16.4. The molecule has 0 aromatic heterocycles. The first-order chi connectivity index (χ1) is 24.1. The van der Waals surface area contributed by atoms with E-state index < -0.39 is 78.2 Å². The van der Waals surface area contributed by atoms with Crippen LogP contribution in [0.15, 0.2) is 11.6 Å². The van der Waals surface area contributed by atoms with Crippen molar-refractivity contribution in [1.29, 1.82) is 0 Å². The van der Waals surface area contributed by atoms with Crippen LogP contribution in [0.5, 0.6) is 0 Å². The molecule has 52 heavy (non-hydrogen) atoms. The molecule has 2 heterocycles. The molecule has 12 heteroatoms. The van der Waals surface area contributed by atoms with E-state index in [-0.39, 0.29) is 52.6 Å². The molecule has 12 nitrogen and oxygen atoms in total. The van der Waals surface area contributed by atoms with Crippen LogP contribution in [0, 0.1) is 50.2 Å². The number of fused-ring (bicyclic) bond motifs is 7. The Labute approximate surface area is 307 Å². The summed E-state index contributed by atoms with van der Waals surface area (Å²) in [6, 6.07) is 0. The van der Waals surface area contributed by atoms with Crippen molar-refractivity contribution in [2.75, 3.05) is 13.2 Å². The van der Waals surface area contributed by atoms with Gasteiger partial charge in [0.25, 0.3) is 0 Å². The van der Waals surface area contributed by atoms with Crippen molar-refractivity contribution in [2.24, 2.45) is 50.2 Å². The summed E-state index contributed by atoms with van der Waals surface area (Å²) >= 11 is 0. The van der Waals surface area contributed by atoms with Gasteiger partial charge in [0.15, 0.2) is 12.6 Å². The highest BCUT2D eigenvalue weighted by molar-refractivity contribution is 5.76. The minimum absolute atomic E-state index is 0.00466. The number of ether oxygens (including phenoxy) is 4. The summed E-state index contributed by atoms with van der Waals surface area (Å²) in [5, 5.41) is 74.1.